The number of fused-ring (bicyclic) bond motifs is 1. The molecule has 0 radical (unpaired) electrons. The Labute approximate surface area is 159 Å². The molecule has 0 atom stereocenters. The molecular weight excluding hydrogens is 312 g/mol. The number of allylic oxidation sites excluding steroid dienone is 1. The third-order valence-electron chi connectivity index (χ3n) is 6.51. The first kappa shape index (κ1) is 17.6. The fourth-order valence-electron chi connectivity index (χ4n) is 5.08. The second kappa shape index (κ2) is 7.82. The molecule has 0 bridgehead atoms. The summed E-state index contributed by atoms with van der Waals surface area (Å²) in [4.78, 5) is 0. The summed E-state index contributed by atoms with van der Waals surface area (Å²) in [5.74, 6) is 0. The largest absolute Gasteiger partial charge is 0.0646 e. The highest BCUT2D eigenvalue weighted by molar-refractivity contribution is 5.80. The fraction of sp³-hybridized carbons (Fsp3) is 0.462. The van der Waals surface area contributed by atoms with Gasteiger partial charge in [0.1, 0.15) is 0 Å². The van der Waals surface area contributed by atoms with Gasteiger partial charge in [-0.1, -0.05) is 106 Å². The van der Waals surface area contributed by atoms with Crippen LogP contribution < -0.4 is 0 Å². The number of hydrogen-bond donors (Lipinski definition) is 0. The van der Waals surface area contributed by atoms with Gasteiger partial charge in [0, 0.05) is 0 Å². The SMILES string of the molecule is CC1(CC2=Cc3c(cccc3-c3ccccc3)C2)CCCCCCCC1. The number of hydrogen-bond acceptors (Lipinski definition) is 0. The highest BCUT2D eigenvalue weighted by Crippen LogP contribution is 2.43. The van der Waals surface area contributed by atoms with Gasteiger partial charge in [0.25, 0.3) is 0 Å². The van der Waals surface area contributed by atoms with Crippen molar-refractivity contribution in [3.63, 3.8) is 0 Å². The zero-order valence-corrected chi connectivity index (χ0v) is 16.3. The van der Waals surface area contributed by atoms with E-state index in [-0.39, 0.29) is 0 Å². The maximum atomic E-state index is 2.56. The summed E-state index contributed by atoms with van der Waals surface area (Å²) >= 11 is 0. The molecule has 0 aromatic heterocycles. The minimum Gasteiger partial charge on any atom is -0.0646 e. The monoisotopic (exact) mass is 344 g/mol. The molecule has 0 unspecified atom stereocenters. The Hall–Kier alpha value is -1.82. The molecule has 1 saturated carbocycles. The first-order chi connectivity index (χ1) is 12.7. The molecule has 0 amide bonds. The second-order valence-electron chi connectivity index (χ2n) is 8.83. The first-order valence-electron chi connectivity index (χ1n) is 10.6. The van der Waals surface area contributed by atoms with Crippen LogP contribution in [-0.2, 0) is 6.42 Å². The molecule has 2 aromatic rings. The van der Waals surface area contributed by atoms with E-state index >= 15 is 0 Å². The summed E-state index contributed by atoms with van der Waals surface area (Å²) in [5.41, 5.74) is 7.90. The molecule has 2 aliphatic rings. The van der Waals surface area contributed by atoms with Crippen LogP contribution in [0.3, 0.4) is 0 Å². The normalized spacial score (nSPS) is 19.8. The first-order valence-corrected chi connectivity index (χ1v) is 10.6. The van der Waals surface area contributed by atoms with Gasteiger partial charge in [-0.15, -0.1) is 0 Å². The molecule has 26 heavy (non-hydrogen) atoms. The number of benzene rings is 2. The molecule has 0 spiro atoms. The van der Waals surface area contributed by atoms with Crippen LogP contribution in [0.5, 0.6) is 0 Å². The van der Waals surface area contributed by atoms with Crippen molar-refractivity contribution in [2.24, 2.45) is 5.41 Å². The Morgan fingerprint density at radius 3 is 2.19 bits per heavy atom. The van der Waals surface area contributed by atoms with Crippen LogP contribution in [0.15, 0.2) is 54.1 Å². The Morgan fingerprint density at radius 1 is 0.769 bits per heavy atom. The zero-order chi connectivity index (χ0) is 17.8. The summed E-state index contributed by atoms with van der Waals surface area (Å²) in [6.45, 7) is 2.56. The van der Waals surface area contributed by atoms with E-state index in [2.05, 4.69) is 61.5 Å². The van der Waals surface area contributed by atoms with E-state index in [1.807, 2.05) is 0 Å². The van der Waals surface area contributed by atoms with Crippen LogP contribution in [0, 0.1) is 5.41 Å². The third-order valence-corrected chi connectivity index (χ3v) is 6.51. The minimum absolute atomic E-state index is 0.505. The second-order valence-corrected chi connectivity index (χ2v) is 8.83. The molecule has 136 valence electrons. The van der Waals surface area contributed by atoms with Gasteiger partial charge >= 0.3 is 0 Å². The van der Waals surface area contributed by atoms with Crippen LogP contribution >= 0.6 is 0 Å². The van der Waals surface area contributed by atoms with Crippen LogP contribution in [0.1, 0.15) is 75.8 Å². The molecule has 0 heterocycles. The van der Waals surface area contributed by atoms with E-state index in [0.29, 0.717) is 5.41 Å². The molecule has 0 heteroatoms. The lowest BCUT2D eigenvalue weighted by Gasteiger charge is -2.30. The van der Waals surface area contributed by atoms with E-state index in [1.165, 1.54) is 80.0 Å². The average molecular weight is 345 g/mol. The van der Waals surface area contributed by atoms with Gasteiger partial charge in [-0.2, -0.15) is 0 Å². The summed E-state index contributed by atoms with van der Waals surface area (Å²) in [6.07, 6.45) is 16.4. The topological polar surface area (TPSA) is 0 Å². The Morgan fingerprint density at radius 2 is 1.46 bits per heavy atom. The summed E-state index contributed by atoms with van der Waals surface area (Å²) in [7, 11) is 0. The highest BCUT2D eigenvalue weighted by atomic mass is 14.3. The molecule has 0 saturated heterocycles. The highest BCUT2D eigenvalue weighted by Gasteiger charge is 2.27. The Bertz CT molecular complexity index is 756. The summed E-state index contributed by atoms with van der Waals surface area (Å²) < 4.78 is 0. The van der Waals surface area contributed by atoms with Gasteiger partial charge in [-0.3, -0.25) is 0 Å². The van der Waals surface area contributed by atoms with Crippen molar-refractivity contribution in [1.82, 2.24) is 0 Å². The summed E-state index contributed by atoms with van der Waals surface area (Å²) in [6, 6.07) is 17.7. The maximum absolute atomic E-state index is 2.56. The molecule has 1 fully saturated rings. The van der Waals surface area contributed by atoms with E-state index in [1.54, 1.807) is 5.57 Å². The van der Waals surface area contributed by atoms with Crippen LogP contribution in [0.4, 0.5) is 0 Å². The molecule has 0 nitrogen and oxygen atoms in total. The van der Waals surface area contributed by atoms with E-state index in [0.717, 1.165) is 6.42 Å². The van der Waals surface area contributed by atoms with Gasteiger partial charge in [-0.05, 0) is 53.4 Å². The van der Waals surface area contributed by atoms with Gasteiger partial charge in [0.05, 0.1) is 0 Å². The van der Waals surface area contributed by atoms with E-state index < -0.39 is 0 Å². The van der Waals surface area contributed by atoms with E-state index in [4.69, 9.17) is 0 Å². The standard InChI is InChI=1S/C26H32/c1-26(16-9-4-2-3-5-10-17-26)20-21-18-23-14-11-15-24(25(23)19-21)22-12-7-6-8-13-22/h6-8,11-15,19H,2-5,9-10,16-18,20H2,1H3. The van der Waals surface area contributed by atoms with Gasteiger partial charge in [0.15, 0.2) is 0 Å². The molecular formula is C26H32. The van der Waals surface area contributed by atoms with Gasteiger partial charge in [0.2, 0.25) is 0 Å². The van der Waals surface area contributed by atoms with Crippen LogP contribution in [-0.4, -0.2) is 0 Å². The zero-order valence-electron chi connectivity index (χ0n) is 16.3. The molecule has 2 aliphatic carbocycles. The quantitative estimate of drug-likeness (QED) is 0.532. The van der Waals surface area contributed by atoms with Crippen molar-refractivity contribution in [2.45, 2.75) is 71.1 Å². The predicted molar refractivity (Wildman–Crippen MR) is 113 cm³/mol. The van der Waals surface area contributed by atoms with Crippen molar-refractivity contribution in [1.29, 1.82) is 0 Å². The van der Waals surface area contributed by atoms with Crippen molar-refractivity contribution in [2.75, 3.05) is 0 Å². The number of rotatable bonds is 3. The fourth-order valence-corrected chi connectivity index (χ4v) is 5.08. The smallest absolute Gasteiger partial charge is 0.00574 e. The lowest BCUT2D eigenvalue weighted by Crippen LogP contribution is -2.17. The molecule has 2 aromatic carbocycles. The average Bonchev–Trinajstić information content (AvgIpc) is 3.09. The Balaban J connectivity index is 1.56. The van der Waals surface area contributed by atoms with Crippen molar-refractivity contribution in [3.8, 4) is 11.1 Å². The van der Waals surface area contributed by atoms with Gasteiger partial charge < -0.3 is 0 Å². The maximum Gasteiger partial charge on any atom is -0.00574 e. The van der Waals surface area contributed by atoms with E-state index in [9.17, 15) is 0 Å². The lowest BCUT2D eigenvalue weighted by molar-refractivity contribution is 0.256. The predicted octanol–water partition coefficient (Wildman–Crippen LogP) is 7.82. The molecule has 0 N–H and O–H groups in total. The van der Waals surface area contributed by atoms with Gasteiger partial charge in [-0.25, -0.2) is 0 Å². The van der Waals surface area contributed by atoms with Crippen molar-refractivity contribution in [3.05, 3.63) is 65.2 Å². The third kappa shape index (κ3) is 3.95. The Kier molecular flexibility index (Phi) is 5.29. The van der Waals surface area contributed by atoms with Crippen LogP contribution in [0.2, 0.25) is 0 Å². The summed E-state index contributed by atoms with van der Waals surface area (Å²) in [5, 5.41) is 0. The lowest BCUT2D eigenvalue weighted by atomic mass is 9.75. The van der Waals surface area contributed by atoms with Crippen molar-refractivity contribution < 1.29 is 0 Å². The minimum atomic E-state index is 0.505. The van der Waals surface area contributed by atoms with Crippen molar-refractivity contribution >= 4 is 6.08 Å². The molecule has 4 rings (SSSR count). The van der Waals surface area contributed by atoms with Crippen LogP contribution in [0.25, 0.3) is 17.2 Å². The molecule has 0 aliphatic heterocycles.